The highest BCUT2D eigenvalue weighted by Gasteiger charge is 2.40. The fourth-order valence-electron chi connectivity index (χ4n) is 9.12. The van der Waals surface area contributed by atoms with Gasteiger partial charge in [-0.05, 0) is 144 Å². The molecule has 2 saturated heterocycles. The molecule has 1 amide bonds. The highest BCUT2D eigenvalue weighted by molar-refractivity contribution is 7.89. The molecular formula is C53H60Cl3N5O13S4. The van der Waals surface area contributed by atoms with Crippen molar-refractivity contribution < 1.29 is 57.1 Å². The average molecular weight is 1210 g/mol. The first-order chi connectivity index (χ1) is 36.3. The molecule has 4 aromatic carbocycles. The van der Waals surface area contributed by atoms with Crippen molar-refractivity contribution in [2.24, 2.45) is 0 Å². The van der Waals surface area contributed by atoms with E-state index in [1.54, 1.807) is 73.1 Å². The van der Waals surface area contributed by atoms with Crippen molar-refractivity contribution in [2.45, 2.75) is 88.6 Å². The second-order valence-corrected chi connectivity index (χ2v) is 24.2. The van der Waals surface area contributed by atoms with Crippen LogP contribution in [0.5, 0.6) is 0 Å². The number of aryl methyl sites for hydroxylation is 2. The molecule has 2 aromatic heterocycles. The third kappa shape index (κ3) is 16.9. The van der Waals surface area contributed by atoms with Crippen molar-refractivity contribution in [1.29, 1.82) is 0 Å². The molecule has 2 aliphatic rings. The molecular weight excluding hydrogens is 1150 g/mol. The second kappa shape index (κ2) is 29.0. The van der Waals surface area contributed by atoms with Crippen LogP contribution in [-0.2, 0) is 63.2 Å². The number of carboxylic acid groups (broad SMARTS) is 1. The normalized spacial score (nSPS) is 15.9. The minimum atomic E-state index is -4.54. The van der Waals surface area contributed by atoms with Crippen molar-refractivity contribution in [3.63, 3.8) is 0 Å². The number of carbonyl (C=O) groups is 2. The minimum absolute atomic E-state index is 0. The molecule has 420 valence electrons. The number of piperazine rings is 1. The molecule has 2 atom stereocenters. The lowest BCUT2D eigenvalue weighted by atomic mass is 9.93. The summed E-state index contributed by atoms with van der Waals surface area (Å²) >= 11 is 12.5. The summed E-state index contributed by atoms with van der Waals surface area (Å²) in [5.41, 5.74) is 8.95. The van der Waals surface area contributed by atoms with Gasteiger partial charge in [0, 0.05) is 67.9 Å². The predicted molar refractivity (Wildman–Crippen MR) is 301 cm³/mol. The van der Waals surface area contributed by atoms with Crippen LogP contribution in [0.4, 0.5) is 0 Å². The Kier molecular flexibility index (Phi) is 24.1. The number of carbonyl (C=O) groups excluding carboxylic acids is 1. The van der Waals surface area contributed by atoms with Gasteiger partial charge in [0.15, 0.2) is 5.75 Å². The lowest BCUT2D eigenvalue weighted by Gasteiger charge is -2.41. The highest BCUT2D eigenvalue weighted by atomic mass is 35.5. The minimum Gasteiger partial charge on any atom is -0.481 e. The van der Waals surface area contributed by atoms with Gasteiger partial charge in [0.1, 0.15) is 0 Å². The number of hydrogen-bond donors (Lipinski definition) is 2. The molecule has 78 heavy (non-hydrogen) atoms. The van der Waals surface area contributed by atoms with Gasteiger partial charge < -0.3 is 10.0 Å². The second-order valence-electron chi connectivity index (χ2n) is 17.8. The first-order valence-corrected chi connectivity index (χ1v) is 30.4. The summed E-state index contributed by atoms with van der Waals surface area (Å²) in [4.78, 5) is 31.8. The number of aromatic nitrogens is 2. The molecule has 25 heteroatoms. The summed E-state index contributed by atoms with van der Waals surface area (Å²) in [5.74, 6) is -2.71. The molecule has 2 unspecified atom stereocenters. The van der Waals surface area contributed by atoms with Gasteiger partial charge in [0.05, 0.1) is 21.9 Å². The zero-order valence-corrected chi connectivity index (χ0v) is 48.8. The van der Waals surface area contributed by atoms with Crippen molar-refractivity contribution in [3.05, 3.63) is 165 Å². The van der Waals surface area contributed by atoms with Crippen molar-refractivity contribution >= 4 is 88.3 Å². The summed E-state index contributed by atoms with van der Waals surface area (Å²) < 4.78 is 115. The van der Waals surface area contributed by atoms with Gasteiger partial charge in [-0.15, -0.1) is 25.0 Å². The van der Waals surface area contributed by atoms with E-state index in [9.17, 15) is 34.6 Å². The molecule has 0 aliphatic carbocycles. The molecule has 0 bridgehead atoms. The Bertz CT molecular complexity index is 3550. The van der Waals surface area contributed by atoms with E-state index >= 15 is 0 Å². The lowest BCUT2D eigenvalue weighted by Crippen LogP contribution is -2.53. The molecule has 0 saturated carbocycles. The van der Waals surface area contributed by atoms with Gasteiger partial charge >= 0.3 is 10.6 Å². The molecule has 2 N–H and O–H groups in total. The molecule has 0 radical (unpaired) electrons. The van der Waals surface area contributed by atoms with Crippen LogP contribution >= 0.6 is 35.6 Å². The van der Waals surface area contributed by atoms with E-state index in [1.807, 2.05) is 55.6 Å². The van der Waals surface area contributed by atoms with Gasteiger partial charge in [-0.2, -0.15) is 17.0 Å². The Hall–Kier alpha value is -5.66. The van der Waals surface area contributed by atoms with E-state index in [0.717, 1.165) is 72.4 Å². The third-order valence-corrected chi connectivity index (χ3v) is 18.3. The first-order valence-electron chi connectivity index (χ1n) is 24.1. The van der Waals surface area contributed by atoms with Crippen LogP contribution in [0, 0.1) is 13.8 Å². The number of pyridine rings is 2. The number of halogens is 3. The maximum atomic E-state index is 13.9. The van der Waals surface area contributed by atoms with E-state index in [4.69, 9.17) is 45.7 Å². The standard InChI is InChI=1S/C26H28ClN3O6S2.C25H27ClN2O2S.C2H4O2.ClH.O3S/c1-3-19-15-28-11-10-22(19)20-6-4-7-21(14-20)24-16-29(26(31)17-37(32,33)34)12-13-30(24)38(35,36)25-9-5-8-23(27)18(25)2;1-3-19-17-27-14-13-22(19)20-8-6-9-21(16-20)24-11-4-5-15-28(24)31(29,30)25-12-7-10-23(26)18(25)2;1-2(3)4;;1-4(2)3/h4-11,14-15,24H,3,12-13,16-17H2,1-2H3,(H,32,33,34);6-10,12-14,16-17,24H,3-5,11,15H2,1-2H3;1H3,(H,3,4);1H;. The molecule has 2 aliphatic heterocycles. The third-order valence-electron chi connectivity index (χ3n) is 12.8. The van der Waals surface area contributed by atoms with Gasteiger partial charge in [-0.25, -0.2) is 16.8 Å². The topological polar surface area (TPSA) is 264 Å². The highest BCUT2D eigenvalue weighted by Crippen LogP contribution is 2.40. The number of rotatable bonds is 12. The van der Waals surface area contributed by atoms with Gasteiger partial charge in [0.25, 0.3) is 16.1 Å². The monoisotopic (exact) mass is 1210 g/mol. The number of piperidine rings is 1. The largest absolute Gasteiger partial charge is 0.481 e. The van der Waals surface area contributed by atoms with Crippen LogP contribution in [-0.4, -0.2) is 115 Å². The summed E-state index contributed by atoms with van der Waals surface area (Å²) in [6.07, 6.45) is 11.5. The van der Waals surface area contributed by atoms with E-state index in [-0.39, 0.29) is 43.0 Å². The molecule has 8 rings (SSSR count). The maximum Gasteiger partial charge on any atom is 0.425 e. The summed E-state index contributed by atoms with van der Waals surface area (Å²) in [6, 6.07) is 28.4. The number of benzene rings is 4. The lowest BCUT2D eigenvalue weighted by molar-refractivity contribution is -0.134. The van der Waals surface area contributed by atoms with Crippen LogP contribution in [0.15, 0.2) is 132 Å². The summed E-state index contributed by atoms with van der Waals surface area (Å²) in [5, 5.41) is 8.21. The van der Waals surface area contributed by atoms with Crippen LogP contribution in [0.3, 0.4) is 0 Å². The fourth-order valence-corrected chi connectivity index (χ4v) is 13.9. The van der Waals surface area contributed by atoms with E-state index in [1.165, 1.54) is 20.8 Å². The number of amides is 1. The van der Waals surface area contributed by atoms with Crippen molar-refractivity contribution in [2.75, 3.05) is 31.9 Å². The maximum absolute atomic E-state index is 13.9. The van der Waals surface area contributed by atoms with Crippen LogP contribution in [0.25, 0.3) is 22.3 Å². The average Bonchev–Trinajstić information content (AvgIpc) is 3.40. The van der Waals surface area contributed by atoms with Crippen LogP contribution < -0.4 is 0 Å². The molecule has 18 nitrogen and oxygen atoms in total. The SMILES string of the molecule is CC(=O)O.CCc1cnccc1-c1cccc(C2CCCCN2S(=O)(=O)c2cccc(Cl)c2C)c1.CCc1cnccc1-c1cccc(C2CN(C(=O)CS(=O)(=O)O)CCN2S(=O)(=O)c2cccc(Cl)c2C)c1.Cl.O=S(=O)=O. The van der Waals surface area contributed by atoms with Gasteiger partial charge in [-0.1, -0.05) is 92.0 Å². The number of nitrogens with zero attached hydrogens (tertiary/aromatic N) is 5. The molecule has 0 spiro atoms. The van der Waals surface area contributed by atoms with Crippen LogP contribution in [0.2, 0.25) is 10.0 Å². The Morgan fingerprint density at radius 1 is 0.654 bits per heavy atom. The zero-order chi connectivity index (χ0) is 56.8. The number of sulfonamides is 2. The zero-order valence-electron chi connectivity index (χ0n) is 43.2. The van der Waals surface area contributed by atoms with Gasteiger partial charge in [0.2, 0.25) is 26.0 Å². The Balaban J connectivity index is 0.000000296. The van der Waals surface area contributed by atoms with Crippen LogP contribution in [0.1, 0.15) is 85.5 Å². The quantitative estimate of drug-likeness (QED) is 0.108. The first kappa shape index (κ1) is 64.9. The Labute approximate surface area is 473 Å². The van der Waals surface area contributed by atoms with E-state index < -0.39 is 64.4 Å². The van der Waals surface area contributed by atoms with E-state index in [2.05, 4.69) is 29.0 Å². The van der Waals surface area contributed by atoms with Crippen molar-refractivity contribution in [1.82, 2.24) is 23.5 Å². The molecule has 6 aromatic rings. The number of hydrogen-bond acceptors (Lipinski definition) is 13. The smallest absolute Gasteiger partial charge is 0.425 e. The molecule has 2 fully saturated rings. The van der Waals surface area contributed by atoms with Crippen molar-refractivity contribution in [3.8, 4) is 22.3 Å². The summed E-state index contributed by atoms with van der Waals surface area (Å²) in [7, 11) is -15.4. The number of aliphatic carboxylic acids is 1. The fraction of sp³-hybridized carbons (Fsp3) is 0.321. The van der Waals surface area contributed by atoms with E-state index in [0.29, 0.717) is 38.2 Å². The number of carboxylic acids is 1. The van der Waals surface area contributed by atoms with Gasteiger partial charge in [-0.3, -0.25) is 24.1 Å². The Morgan fingerprint density at radius 3 is 1.51 bits per heavy atom. The Morgan fingerprint density at radius 2 is 1.08 bits per heavy atom. The molecule has 4 heterocycles. The summed E-state index contributed by atoms with van der Waals surface area (Å²) in [6.45, 7) is 8.94. The predicted octanol–water partition coefficient (Wildman–Crippen LogP) is 9.43.